The Morgan fingerprint density at radius 1 is 1.05 bits per heavy atom. The number of nitrogens with zero attached hydrogens (tertiary/aromatic N) is 3. The van der Waals surface area contributed by atoms with Crippen LogP contribution in [0.5, 0.6) is 0 Å². The quantitative estimate of drug-likeness (QED) is 0.867. The zero-order valence-electron chi connectivity index (χ0n) is 12.5. The molecule has 0 amide bonds. The molecular formula is C17H21N3O. The smallest absolute Gasteiger partial charge is 0.225 e. The topological polar surface area (TPSA) is 38.2 Å². The van der Waals surface area contributed by atoms with Crippen LogP contribution in [0.3, 0.4) is 0 Å². The molecule has 0 aliphatic carbocycles. The zero-order chi connectivity index (χ0) is 14.7. The van der Waals surface area contributed by atoms with E-state index in [1.807, 2.05) is 12.1 Å². The van der Waals surface area contributed by atoms with Crippen LogP contribution in [0.2, 0.25) is 0 Å². The number of benzene rings is 1. The first-order valence-corrected chi connectivity index (χ1v) is 7.46. The summed E-state index contributed by atoms with van der Waals surface area (Å²) in [7, 11) is 0. The van der Waals surface area contributed by atoms with Gasteiger partial charge in [-0.1, -0.05) is 44.2 Å². The van der Waals surface area contributed by atoms with Crippen molar-refractivity contribution in [3.8, 4) is 0 Å². The molecule has 3 rings (SSSR count). The maximum Gasteiger partial charge on any atom is 0.225 e. The second-order valence-electron chi connectivity index (χ2n) is 5.77. The second-order valence-corrected chi connectivity index (χ2v) is 5.77. The van der Waals surface area contributed by atoms with Gasteiger partial charge < -0.3 is 9.64 Å². The Kier molecular flexibility index (Phi) is 4.15. The molecular weight excluding hydrogens is 262 g/mol. The van der Waals surface area contributed by atoms with E-state index in [4.69, 9.17) is 4.74 Å². The van der Waals surface area contributed by atoms with Gasteiger partial charge in [-0.15, -0.1) is 0 Å². The Labute approximate surface area is 125 Å². The monoisotopic (exact) mass is 283 g/mol. The van der Waals surface area contributed by atoms with Crippen LogP contribution in [0.1, 0.15) is 25.5 Å². The summed E-state index contributed by atoms with van der Waals surface area (Å²) in [5.74, 6) is 1.25. The van der Waals surface area contributed by atoms with Crippen molar-refractivity contribution < 1.29 is 4.74 Å². The summed E-state index contributed by atoms with van der Waals surface area (Å²) in [6.07, 6.45) is 3.84. The molecule has 2 atom stereocenters. The van der Waals surface area contributed by atoms with Crippen molar-refractivity contribution in [2.75, 3.05) is 18.0 Å². The normalized spacial score (nSPS) is 22.5. The van der Waals surface area contributed by atoms with E-state index in [1.54, 1.807) is 12.4 Å². The Morgan fingerprint density at radius 3 is 2.43 bits per heavy atom. The van der Waals surface area contributed by atoms with Gasteiger partial charge in [0, 0.05) is 18.9 Å². The molecule has 1 aliphatic rings. The van der Waals surface area contributed by atoms with Crippen molar-refractivity contribution in [2.24, 2.45) is 5.92 Å². The lowest BCUT2D eigenvalue weighted by Gasteiger charge is -2.40. The fourth-order valence-corrected chi connectivity index (χ4v) is 2.63. The molecule has 1 aromatic heterocycles. The number of rotatable bonds is 3. The van der Waals surface area contributed by atoms with Gasteiger partial charge in [0.1, 0.15) is 6.10 Å². The number of ether oxygens (including phenoxy) is 1. The lowest BCUT2D eigenvalue weighted by atomic mass is 10.0. The summed E-state index contributed by atoms with van der Waals surface area (Å²) >= 11 is 0. The fourth-order valence-electron chi connectivity index (χ4n) is 2.63. The maximum atomic E-state index is 6.29. The summed E-state index contributed by atoms with van der Waals surface area (Å²) in [6, 6.07) is 12.2. The van der Waals surface area contributed by atoms with Crippen LogP contribution in [0.4, 0.5) is 5.95 Å². The van der Waals surface area contributed by atoms with E-state index in [1.165, 1.54) is 5.56 Å². The first-order valence-electron chi connectivity index (χ1n) is 7.46. The molecule has 1 fully saturated rings. The van der Waals surface area contributed by atoms with Crippen LogP contribution in [0.25, 0.3) is 0 Å². The van der Waals surface area contributed by atoms with Gasteiger partial charge in [0.15, 0.2) is 0 Å². The Balaban J connectivity index is 1.85. The minimum Gasteiger partial charge on any atom is -0.366 e. The lowest BCUT2D eigenvalue weighted by Crippen LogP contribution is -2.46. The average molecular weight is 283 g/mol. The van der Waals surface area contributed by atoms with Gasteiger partial charge in [-0.2, -0.15) is 0 Å². The molecule has 0 bridgehead atoms. The summed E-state index contributed by atoms with van der Waals surface area (Å²) in [6.45, 7) is 6.02. The number of aromatic nitrogens is 2. The predicted octanol–water partition coefficient (Wildman–Crippen LogP) is 3.08. The van der Waals surface area contributed by atoms with Crippen LogP contribution in [0.15, 0.2) is 48.8 Å². The fraction of sp³-hybridized carbons (Fsp3) is 0.412. The zero-order valence-corrected chi connectivity index (χ0v) is 12.5. The average Bonchev–Trinajstić information content (AvgIpc) is 2.56. The highest BCUT2D eigenvalue weighted by atomic mass is 16.5. The van der Waals surface area contributed by atoms with Crippen molar-refractivity contribution in [2.45, 2.75) is 26.1 Å². The van der Waals surface area contributed by atoms with Gasteiger partial charge in [-0.3, -0.25) is 0 Å². The third kappa shape index (κ3) is 3.22. The van der Waals surface area contributed by atoms with Gasteiger partial charge in [0.05, 0.1) is 12.6 Å². The number of hydrogen-bond donors (Lipinski definition) is 0. The van der Waals surface area contributed by atoms with Gasteiger partial charge in [0.25, 0.3) is 0 Å². The van der Waals surface area contributed by atoms with Crippen molar-refractivity contribution in [1.82, 2.24) is 9.97 Å². The first-order chi connectivity index (χ1) is 10.2. The Morgan fingerprint density at radius 2 is 1.76 bits per heavy atom. The minimum absolute atomic E-state index is 0.0659. The van der Waals surface area contributed by atoms with Crippen molar-refractivity contribution >= 4 is 5.95 Å². The van der Waals surface area contributed by atoms with Crippen LogP contribution in [0, 0.1) is 5.92 Å². The van der Waals surface area contributed by atoms with E-state index in [9.17, 15) is 0 Å². The van der Waals surface area contributed by atoms with Gasteiger partial charge in [-0.25, -0.2) is 9.97 Å². The molecule has 0 saturated carbocycles. The van der Waals surface area contributed by atoms with Crippen LogP contribution < -0.4 is 4.90 Å². The van der Waals surface area contributed by atoms with Crippen molar-refractivity contribution in [3.05, 3.63) is 54.4 Å². The molecule has 0 N–H and O–H groups in total. The Hall–Kier alpha value is -1.94. The molecule has 0 radical (unpaired) electrons. The largest absolute Gasteiger partial charge is 0.366 e. The van der Waals surface area contributed by atoms with Gasteiger partial charge >= 0.3 is 0 Å². The van der Waals surface area contributed by atoms with E-state index in [0.29, 0.717) is 5.92 Å². The molecule has 4 nitrogen and oxygen atoms in total. The van der Waals surface area contributed by atoms with Crippen LogP contribution >= 0.6 is 0 Å². The molecule has 2 aromatic rings. The number of anilines is 1. The number of morpholine rings is 1. The maximum absolute atomic E-state index is 6.29. The lowest BCUT2D eigenvalue weighted by molar-refractivity contribution is -0.0503. The summed E-state index contributed by atoms with van der Waals surface area (Å²) in [4.78, 5) is 11.0. The predicted molar refractivity (Wildman–Crippen MR) is 83.1 cm³/mol. The molecule has 21 heavy (non-hydrogen) atoms. The summed E-state index contributed by atoms with van der Waals surface area (Å²) in [5.41, 5.74) is 1.21. The standard InChI is InChI=1S/C17H21N3O/c1-13(2)15-11-20(17-18-9-6-10-19-17)12-16(21-15)14-7-4-3-5-8-14/h3-10,13,15-16H,11-12H2,1-2H3/t15-,16+/m1/s1. The minimum atomic E-state index is 0.0659. The van der Waals surface area contributed by atoms with Crippen LogP contribution in [-0.2, 0) is 4.74 Å². The second kappa shape index (κ2) is 6.22. The molecule has 0 spiro atoms. The summed E-state index contributed by atoms with van der Waals surface area (Å²) < 4.78 is 6.29. The van der Waals surface area contributed by atoms with E-state index in [0.717, 1.165) is 19.0 Å². The van der Waals surface area contributed by atoms with Crippen LogP contribution in [-0.4, -0.2) is 29.2 Å². The molecule has 1 aliphatic heterocycles. The molecule has 1 aromatic carbocycles. The molecule has 1 saturated heterocycles. The highest BCUT2D eigenvalue weighted by Crippen LogP contribution is 2.29. The van der Waals surface area contributed by atoms with E-state index >= 15 is 0 Å². The SMILES string of the molecule is CC(C)[C@H]1CN(c2ncccn2)C[C@@H](c2ccccc2)O1. The van der Waals surface area contributed by atoms with E-state index in [2.05, 4.69) is 53.0 Å². The number of hydrogen-bond acceptors (Lipinski definition) is 4. The van der Waals surface area contributed by atoms with Crippen molar-refractivity contribution in [3.63, 3.8) is 0 Å². The van der Waals surface area contributed by atoms with E-state index in [-0.39, 0.29) is 12.2 Å². The molecule has 2 heterocycles. The third-order valence-corrected chi connectivity index (χ3v) is 3.88. The highest BCUT2D eigenvalue weighted by molar-refractivity contribution is 5.32. The van der Waals surface area contributed by atoms with Crippen molar-refractivity contribution in [1.29, 1.82) is 0 Å². The summed E-state index contributed by atoms with van der Waals surface area (Å²) in [5, 5.41) is 0. The highest BCUT2D eigenvalue weighted by Gasteiger charge is 2.31. The first kappa shape index (κ1) is 14.0. The molecule has 0 unspecified atom stereocenters. The molecule has 4 heteroatoms. The van der Waals surface area contributed by atoms with E-state index < -0.39 is 0 Å². The molecule has 110 valence electrons. The third-order valence-electron chi connectivity index (χ3n) is 3.88. The Bertz CT molecular complexity index is 511. The van der Waals surface area contributed by atoms with Gasteiger partial charge in [-0.05, 0) is 17.5 Å². The van der Waals surface area contributed by atoms with Gasteiger partial charge in [0.2, 0.25) is 5.95 Å².